The number of aromatic amines is 2. The van der Waals surface area contributed by atoms with Crippen molar-refractivity contribution in [1.82, 2.24) is 29.7 Å². The van der Waals surface area contributed by atoms with Crippen LogP contribution in [0.4, 0.5) is 4.79 Å². The minimum absolute atomic E-state index is 0.0998. The predicted molar refractivity (Wildman–Crippen MR) is 166 cm³/mol. The summed E-state index contributed by atoms with van der Waals surface area (Å²) in [4.78, 5) is 33.5. The Hall–Kier alpha value is -4.17. The van der Waals surface area contributed by atoms with Crippen LogP contribution < -0.4 is 0 Å². The Bertz CT molecular complexity index is 1780. The summed E-state index contributed by atoms with van der Waals surface area (Å²) in [5, 5.41) is 4.82. The van der Waals surface area contributed by atoms with Gasteiger partial charge in [0.05, 0.1) is 35.9 Å². The smallest absolute Gasteiger partial charge is 0.410 e. The molecule has 2 saturated heterocycles. The lowest BCUT2D eigenvalue weighted by Gasteiger charge is -2.27. The molecular weight excluding hydrogens is 524 g/mol. The second-order valence-electron chi connectivity index (χ2n) is 12.8. The van der Waals surface area contributed by atoms with Gasteiger partial charge in [0.2, 0.25) is 0 Å². The summed E-state index contributed by atoms with van der Waals surface area (Å²) in [5.41, 5.74) is 3.70. The average molecular weight is 563 g/mol. The third-order valence-corrected chi connectivity index (χ3v) is 8.68. The fourth-order valence-electron chi connectivity index (χ4n) is 6.56. The Morgan fingerprint density at radius 2 is 1.36 bits per heavy atom. The summed E-state index contributed by atoms with van der Waals surface area (Å²) >= 11 is 0. The summed E-state index contributed by atoms with van der Waals surface area (Å²) < 4.78 is 5.65. The van der Waals surface area contributed by atoms with Gasteiger partial charge in [0.15, 0.2) is 0 Å². The van der Waals surface area contributed by atoms with Crippen LogP contribution in [0.2, 0.25) is 0 Å². The molecule has 3 aromatic carbocycles. The van der Waals surface area contributed by atoms with Gasteiger partial charge in [-0.05, 0) is 93.7 Å². The van der Waals surface area contributed by atoms with Gasteiger partial charge in [-0.1, -0.05) is 36.4 Å². The fourth-order valence-corrected chi connectivity index (χ4v) is 6.56. The number of rotatable bonds is 4. The second kappa shape index (κ2) is 10.3. The van der Waals surface area contributed by atoms with Crippen LogP contribution in [0.25, 0.3) is 44.1 Å². The predicted octanol–water partition coefficient (Wildman–Crippen LogP) is 7.61. The molecule has 2 N–H and O–H groups in total. The van der Waals surface area contributed by atoms with Crippen molar-refractivity contribution >= 4 is 27.6 Å². The molecule has 0 aliphatic carbocycles. The zero-order chi connectivity index (χ0) is 29.0. The SMILES string of the molecule is CN1CCC[C@H]1c1ncc(-c2ccc3c(ccc4cc(-c5cnc([C@@H]6CCCN6C(=O)OC(C)(C)C)[nH]5)ccc43)c2)[nH]1. The molecule has 2 atom stereocenters. The first kappa shape index (κ1) is 26.7. The van der Waals surface area contributed by atoms with Gasteiger partial charge in [0, 0.05) is 17.7 Å². The minimum atomic E-state index is -0.524. The van der Waals surface area contributed by atoms with Gasteiger partial charge in [0.25, 0.3) is 0 Å². The molecule has 8 heteroatoms. The van der Waals surface area contributed by atoms with Crippen LogP contribution in [0.1, 0.15) is 70.2 Å². The quantitative estimate of drug-likeness (QED) is 0.220. The number of nitrogens with one attached hydrogen (secondary N) is 2. The monoisotopic (exact) mass is 562 g/mol. The van der Waals surface area contributed by atoms with Crippen LogP contribution in [0.3, 0.4) is 0 Å². The molecule has 0 spiro atoms. The van der Waals surface area contributed by atoms with Crippen molar-refractivity contribution in [3.05, 3.63) is 72.6 Å². The molecule has 4 heterocycles. The van der Waals surface area contributed by atoms with Crippen LogP contribution >= 0.6 is 0 Å². The lowest BCUT2D eigenvalue weighted by molar-refractivity contribution is 0.0218. The highest BCUT2D eigenvalue weighted by molar-refractivity contribution is 6.09. The number of imidazole rings is 2. The average Bonchev–Trinajstić information content (AvgIpc) is 3.77. The van der Waals surface area contributed by atoms with Crippen LogP contribution in [-0.2, 0) is 4.74 Å². The highest BCUT2D eigenvalue weighted by Crippen LogP contribution is 2.35. The molecule has 2 fully saturated rings. The van der Waals surface area contributed by atoms with Gasteiger partial charge in [-0.2, -0.15) is 0 Å². The van der Waals surface area contributed by atoms with E-state index in [0.29, 0.717) is 12.6 Å². The molecule has 5 aromatic rings. The van der Waals surface area contributed by atoms with Gasteiger partial charge in [-0.3, -0.25) is 9.80 Å². The third kappa shape index (κ3) is 4.94. The maximum Gasteiger partial charge on any atom is 0.410 e. The van der Waals surface area contributed by atoms with Crippen molar-refractivity contribution in [1.29, 1.82) is 0 Å². The topological polar surface area (TPSA) is 90.1 Å². The number of carbonyl (C=O) groups is 1. The molecule has 7 rings (SSSR count). The molecule has 1 amide bonds. The van der Waals surface area contributed by atoms with Gasteiger partial charge >= 0.3 is 6.09 Å². The lowest BCUT2D eigenvalue weighted by atomic mass is 9.97. The van der Waals surface area contributed by atoms with E-state index < -0.39 is 5.60 Å². The van der Waals surface area contributed by atoms with E-state index in [1.54, 1.807) is 4.90 Å². The molecule has 42 heavy (non-hydrogen) atoms. The van der Waals surface area contributed by atoms with Crippen molar-refractivity contribution in [3.8, 4) is 22.5 Å². The minimum Gasteiger partial charge on any atom is -0.444 e. The van der Waals surface area contributed by atoms with E-state index in [9.17, 15) is 4.79 Å². The summed E-state index contributed by atoms with van der Waals surface area (Å²) in [7, 11) is 2.17. The summed E-state index contributed by atoms with van der Waals surface area (Å²) in [5.74, 6) is 1.87. The summed E-state index contributed by atoms with van der Waals surface area (Å²) in [6.45, 7) is 7.49. The first-order valence-electron chi connectivity index (χ1n) is 15.0. The first-order valence-corrected chi connectivity index (χ1v) is 15.0. The van der Waals surface area contributed by atoms with Crippen molar-refractivity contribution in [2.75, 3.05) is 20.1 Å². The zero-order valence-electron chi connectivity index (χ0n) is 24.8. The molecule has 216 valence electrons. The maximum atomic E-state index is 12.8. The fraction of sp³-hybridized carbons (Fsp3) is 0.382. The van der Waals surface area contributed by atoms with E-state index in [2.05, 4.69) is 75.4 Å². The number of carbonyl (C=O) groups excluding carboxylic acids is 1. The van der Waals surface area contributed by atoms with Crippen molar-refractivity contribution in [2.45, 2.75) is 64.1 Å². The van der Waals surface area contributed by atoms with Gasteiger partial charge in [-0.15, -0.1) is 0 Å². The molecule has 2 aliphatic heterocycles. The number of fused-ring (bicyclic) bond motifs is 3. The lowest BCUT2D eigenvalue weighted by Crippen LogP contribution is -2.36. The number of ether oxygens (including phenoxy) is 1. The number of hydrogen-bond donors (Lipinski definition) is 2. The Morgan fingerprint density at radius 1 is 0.810 bits per heavy atom. The van der Waals surface area contributed by atoms with E-state index in [4.69, 9.17) is 9.72 Å². The molecule has 8 nitrogen and oxygen atoms in total. The van der Waals surface area contributed by atoms with Crippen LogP contribution in [0.15, 0.2) is 60.9 Å². The second-order valence-corrected chi connectivity index (χ2v) is 12.8. The van der Waals surface area contributed by atoms with Gasteiger partial charge in [0.1, 0.15) is 17.2 Å². The molecule has 0 radical (unpaired) electrons. The standard InChI is InChI=1S/C34H38N6O2/c1-34(2,3)42-33(41)40-16-6-8-30(40)32-36-20-28(38-32)24-12-14-26-22(18-24)10-9-21-17-23(11-13-25(21)26)27-19-35-31(37-27)29-7-5-15-39(29)4/h9-14,17-20,29-30H,5-8,15-16H2,1-4H3,(H,35,37)(H,36,38)/t29-,30-/m0/s1. The molecule has 2 aliphatic rings. The largest absolute Gasteiger partial charge is 0.444 e. The Labute approximate surface area is 246 Å². The molecular formula is C34H38N6O2. The number of likely N-dealkylation sites (tertiary alicyclic amines) is 2. The van der Waals surface area contributed by atoms with Crippen molar-refractivity contribution in [3.63, 3.8) is 0 Å². The molecule has 0 bridgehead atoms. The van der Waals surface area contributed by atoms with Gasteiger partial charge < -0.3 is 14.7 Å². The third-order valence-electron chi connectivity index (χ3n) is 8.68. The number of nitrogens with zero attached hydrogens (tertiary/aromatic N) is 4. The number of H-pyrrole nitrogens is 2. The van der Waals surface area contributed by atoms with E-state index in [-0.39, 0.29) is 12.1 Å². The Balaban J connectivity index is 1.14. The van der Waals surface area contributed by atoms with Crippen LogP contribution in [0, 0.1) is 0 Å². The molecule has 0 saturated carbocycles. The highest BCUT2D eigenvalue weighted by Gasteiger charge is 2.35. The number of amides is 1. The van der Waals surface area contributed by atoms with Gasteiger partial charge in [-0.25, -0.2) is 14.8 Å². The number of benzene rings is 3. The molecule has 2 aromatic heterocycles. The van der Waals surface area contributed by atoms with Crippen LogP contribution in [-0.4, -0.2) is 61.6 Å². The summed E-state index contributed by atoms with van der Waals surface area (Å²) in [6, 6.07) is 17.9. The van der Waals surface area contributed by atoms with Crippen LogP contribution in [0.5, 0.6) is 0 Å². The number of hydrogen-bond acceptors (Lipinski definition) is 5. The van der Waals surface area contributed by atoms with E-state index in [1.807, 2.05) is 33.2 Å². The van der Waals surface area contributed by atoms with E-state index in [0.717, 1.165) is 60.0 Å². The zero-order valence-corrected chi connectivity index (χ0v) is 24.8. The van der Waals surface area contributed by atoms with Crippen molar-refractivity contribution in [2.24, 2.45) is 0 Å². The molecule has 0 unspecified atom stereocenters. The Kier molecular flexibility index (Phi) is 6.54. The van der Waals surface area contributed by atoms with E-state index >= 15 is 0 Å². The number of aromatic nitrogens is 4. The normalized spacial score (nSPS) is 19.8. The summed E-state index contributed by atoms with van der Waals surface area (Å²) in [6.07, 6.45) is 7.74. The maximum absolute atomic E-state index is 12.8. The first-order chi connectivity index (χ1) is 20.2. The highest BCUT2D eigenvalue weighted by atomic mass is 16.6. The Morgan fingerprint density at radius 3 is 1.90 bits per heavy atom. The van der Waals surface area contributed by atoms with E-state index in [1.165, 1.54) is 28.0 Å². The van der Waals surface area contributed by atoms with Crippen molar-refractivity contribution < 1.29 is 9.53 Å².